The summed E-state index contributed by atoms with van der Waals surface area (Å²) in [6.07, 6.45) is 5.26. The SMILES string of the molecule is C=CC(=O)N1CC(C(=O)N(C)CCc2ncc(Br)cn2)C1. The fourth-order valence-electron chi connectivity index (χ4n) is 2.10. The maximum Gasteiger partial charge on any atom is 0.246 e. The highest BCUT2D eigenvalue weighted by Gasteiger charge is 2.36. The van der Waals surface area contributed by atoms with Crippen molar-refractivity contribution in [2.75, 3.05) is 26.7 Å². The van der Waals surface area contributed by atoms with E-state index in [1.165, 1.54) is 6.08 Å². The molecule has 6 nitrogen and oxygen atoms in total. The third-order valence-electron chi connectivity index (χ3n) is 3.44. The van der Waals surface area contributed by atoms with Gasteiger partial charge in [0.2, 0.25) is 11.8 Å². The second kappa shape index (κ2) is 6.80. The lowest BCUT2D eigenvalue weighted by Gasteiger charge is -2.39. The first-order valence-corrected chi connectivity index (χ1v) is 7.43. The number of halogens is 1. The van der Waals surface area contributed by atoms with Crippen LogP contribution in [0.2, 0.25) is 0 Å². The summed E-state index contributed by atoms with van der Waals surface area (Å²) in [5.41, 5.74) is 0. The Morgan fingerprint density at radius 2 is 2.10 bits per heavy atom. The lowest BCUT2D eigenvalue weighted by molar-refractivity contribution is -0.145. The molecule has 0 aromatic carbocycles. The van der Waals surface area contributed by atoms with Crippen LogP contribution in [0.5, 0.6) is 0 Å². The predicted molar refractivity (Wildman–Crippen MR) is 81.3 cm³/mol. The number of nitrogens with zero attached hydrogens (tertiary/aromatic N) is 4. The predicted octanol–water partition coefficient (Wildman–Crippen LogP) is 0.884. The maximum absolute atomic E-state index is 12.2. The Balaban J connectivity index is 1.77. The van der Waals surface area contributed by atoms with Crippen molar-refractivity contribution in [3.8, 4) is 0 Å². The first-order chi connectivity index (χ1) is 10.0. The van der Waals surface area contributed by atoms with E-state index in [9.17, 15) is 9.59 Å². The van der Waals surface area contributed by atoms with Crippen LogP contribution in [-0.2, 0) is 16.0 Å². The molecule has 2 rings (SSSR count). The summed E-state index contributed by atoms with van der Waals surface area (Å²) in [5, 5.41) is 0. The highest BCUT2D eigenvalue weighted by molar-refractivity contribution is 9.10. The van der Waals surface area contributed by atoms with Crippen LogP contribution in [0.25, 0.3) is 0 Å². The van der Waals surface area contributed by atoms with E-state index >= 15 is 0 Å². The normalized spacial score (nSPS) is 14.5. The molecule has 0 spiro atoms. The van der Waals surface area contributed by atoms with Gasteiger partial charge in [0, 0.05) is 45.5 Å². The van der Waals surface area contributed by atoms with Crippen LogP contribution in [0.1, 0.15) is 5.82 Å². The van der Waals surface area contributed by atoms with Crippen LogP contribution < -0.4 is 0 Å². The summed E-state index contributed by atoms with van der Waals surface area (Å²) >= 11 is 3.28. The van der Waals surface area contributed by atoms with Gasteiger partial charge in [-0.25, -0.2) is 9.97 Å². The van der Waals surface area contributed by atoms with Crippen molar-refractivity contribution in [3.05, 3.63) is 35.3 Å². The highest BCUT2D eigenvalue weighted by Crippen LogP contribution is 2.18. The molecule has 0 aliphatic carbocycles. The van der Waals surface area contributed by atoms with Gasteiger partial charge in [-0.2, -0.15) is 0 Å². The molecule has 112 valence electrons. The largest absolute Gasteiger partial charge is 0.345 e. The monoisotopic (exact) mass is 352 g/mol. The van der Waals surface area contributed by atoms with Gasteiger partial charge in [0.05, 0.1) is 10.4 Å². The Morgan fingerprint density at radius 3 is 2.67 bits per heavy atom. The average molecular weight is 353 g/mol. The lowest BCUT2D eigenvalue weighted by Crippen LogP contribution is -2.55. The molecule has 1 aliphatic rings. The number of rotatable bonds is 5. The maximum atomic E-state index is 12.2. The second-order valence-electron chi connectivity index (χ2n) is 4.97. The molecule has 0 saturated carbocycles. The topological polar surface area (TPSA) is 66.4 Å². The molecule has 1 aromatic rings. The molecule has 1 fully saturated rings. The van der Waals surface area contributed by atoms with Crippen LogP contribution in [-0.4, -0.2) is 58.3 Å². The van der Waals surface area contributed by atoms with E-state index in [4.69, 9.17) is 0 Å². The van der Waals surface area contributed by atoms with Crippen LogP contribution in [0.4, 0.5) is 0 Å². The van der Waals surface area contributed by atoms with Crippen molar-refractivity contribution in [3.63, 3.8) is 0 Å². The van der Waals surface area contributed by atoms with Gasteiger partial charge in [0.1, 0.15) is 5.82 Å². The molecule has 0 bridgehead atoms. The molecule has 7 heteroatoms. The van der Waals surface area contributed by atoms with Gasteiger partial charge in [-0.15, -0.1) is 0 Å². The zero-order chi connectivity index (χ0) is 15.4. The van der Waals surface area contributed by atoms with E-state index in [2.05, 4.69) is 32.5 Å². The van der Waals surface area contributed by atoms with Crippen molar-refractivity contribution in [1.29, 1.82) is 0 Å². The number of aromatic nitrogens is 2. The van der Waals surface area contributed by atoms with Crippen LogP contribution in [0, 0.1) is 5.92 Å². The fraction of sp³-hybridized carbons (Fsp3) is 0.429. The standard InChI is InChI=1S/C14H17BrN4O2/c1-3-13(20)19-8-10(9-19)14(21)18(2)5-4-12-16-6-11(15)7-17-12/h3,6-7,10H,1,4-5,8-9H2,2H3. The van der Waals surface area contributed by atoms with Crippen LogP contribution >= 0.6 is 15.9 Å². The van der Waals surface area contributed by atoms with Crippen LogP contribution in [0.15, 0.2) is 29.5 Å². The lowest BCUT2D eigenvalue weighted by atomic mass is 9.98. The van der Waals surface area contributed by atoms with Gasteiger partial charge in [-0.3, -0.25) is 9.59 Å². The van der Waals surface area contributed by atoms with Crippen LogP contribution in [0.3, 0.4) is 0 Å². The Labute approximate surface area is 132 Å². The second-order valence-corrected chi connectivity index (χ2v) is 5.89. The number of hydrogen-bond donors (Lipinski definition) is 0. The Kier molecular flexibility index (Phi) is 5.06. The summed E-state index contributed by atoms with van der Waals surface area (Å²) in [7, 11) is 1.76. The molecule has 2 heterocycles. The zero-order valence-corrected chi connectivity index (χ0v) is 13.4. The molecule has 2 amide bonds. The smallest absolute Gasteiger partial charge is 0.246 e. The number of carbonyl (C=O) groups excluding carboxylic acids is 2. The van der Waals surface area contributed by atoms with Gasteiger partial charge in [0.25, 0.3) is 0 Å². The molecular weight excluding hydrogens is 336 g/mol. The van der Waals surface area contributed by atoms with Gasteiger partial charge in [0.15, 0.2) is 0 Å². The zero-order valence-electron chi connectivity index (χ0n) is 11.8. The summed E-state index contributed by atoms with van der Waals surface area (Å²) in [5.74, 6) is 0.532. The van der Waals surface area contributed by atoms with E-state index in [1.807, 2.05) is 0 Å². The summed E-state index contributed by atoms with van der Waals surface area (Å²) in [4.78, 5) is 35.1. The van der Waals surface area contributed by atoms with E-state index in [-0.39, 0.29) is 17.7 Å². The minimum Gasteiger partial charge on any atom is -0.345 e. The Morgan fingerprint density at radius 1 is 1.48 bits per heavy atom. The molecule has 1 saturated heterocycles. The molecule has 1 aromatic heterocycles. The molecule has 0 atom stereocenters. The highest BCUT2D eigenvalue weighted by atomic mass is 79.9. The number of likely N-dealkylation sites (N-methyl/N-ethyl adjacent to an activating group) is 1. The Hall–Kier alpha value is -1.76. The molecule has 1 aliphatic heterocycles. The van der Waals surface area contributed by atoms with E-state index in [1.54, 1.807) is 29.2 Å². The number of carbonyl (C=O) groups is 2. The molecule has 0 radical (unpaired) electrons. The van der Waals surface area contributed by atoms with Crippen molar-refractivity contribution in [1.82, 2.24) is 19.8 Å². The first-order valence-electron chi connectivity index (χ1n) is 6.64. The minimum atomic E-state index is -0.120. The number of likely N-dealkylation sites (tertiary alicyclic amines) is 1. The van der Waals surface area contributed by atoms with Crippen molar-refractivity contribution in [2.24, 2.45) is 5.92 Å². The molecule has 0 N–H and O–H groups in total. The number of hydrogen-bond acceptors (Lipinski definition) is 4. The Bertz CT molecular complexity index is 540. The van der Waals surface area contributed by atoms with Crippen molar-refractivity contribution < 1.29 is 9.59 Å². The van der Waals surface area contributed by atoms with Gasteiger partial charge in [-0.1, -0.05) is 6.58 Å². The van der Waals surface area contributed by atoms with Crippen molar-refractivity contribution in [2.45, 2.75) is 6.42 Å². The quantitative estimate of drug-likeness (QED) is 0.738. The third-order valence-corrected chi connectivity index (χ3v) is 3.85. The minimum absolute atomic E-state index is 0.0558. The van der Waals surface area contributed by atoms with E-state index < -0.39 is 0 Å². The summed E-state index contributed by atoms with van der Waals surface area (Å²) in [6, 6.07) is 0. The summed E-state index contributed by atoms with van der Waals surface area (Å²) in [6.45, 7) is 4.95. The van der Waals surface area contributed by atoms with E-state index in [0.717, 1.165) is 4.47 Å². The summed E-state index contributed by atoms with van der Waals surface area (Å²) < 4.78 is 0.831. The van der Waals surface area contributed by atoms with Gasteiger partial charge >= 0.3 is 0 Å². The first kappa shape index (κ1) is 15.6. The average Bonchev–Trinajstić information content (AvgIpc) is 2.44. The third kappa shape index (κ3) is 3.87. The fourth-order valence-corrected chi connectivity index (χ4v) is 2.31. The molecule has 0 unspecified atom stereocenters. The van der Waals surface area contributed by atoms with Crippen molar-refractivity contribution >= 4 is 27.7 Å². The van der Waals surface area contributed by atoms with Gasteiger partial charge < -0.3 is 9.80 Å². The van der Waals surface area contributed by atoms with E-state index in [0.29, 0.717) is 31.9 Å². The number of amides is 2. The van der Waals surface area contributed by atoms with Gasteiger partial charge in [-0.05, 0) is 22.0 Å². The molecule has 21 heavy (non-hydrogen) atoms. The molecular formula is C14H17BrN4O2.